The molecule has 2 atom stereocenters. The van der Waals surface area contributed by atoms with Gasteiger partial charge >= 0.3 is 0 Å². The molecule has 0 saturated heterocycles. The molecule has 0 aliphatic rings. The Morgan fingerprint density at radius 2 is 1.85 bits per heavy atom. The topological polar surface area (TPSA) is 32.3 Å². The average molecular weight is 269 g/mol. The SMILES string of the molecule is C=CCNC(C(C)C)C(O)c1ccc2ccccc2c1. The number of aliphatic hydroxyl groups is 1. The van der Waals surface area contributed by atoms with Gasteiger partial charge in [0.2, 0.25) is 0 Å². The van der Waals surface area contributed by atoms with Gasteiger partial charge in [-0.1, -0.05) is 56.3 Å². The van der Waals surface area contributed by atoms with E-state index in [4.69, 9.17) is 0 Å². The van der Waals surface area contributed by atoms with E-state index in [1.54, 1.807) is 0 Å². The zero-order valence-electron chi connectivity index (χ0n) is 12.2. The van der Waals surface area contributed by atoms with E-state index >= 15 is 0 Å². The average Bonchev–Trinajstić information content (AvgIpc) is 2.46. The van der Waals surface area contributed by atoms with Gasteiger partial charge in [-0.25, -0.2) is 0 Å². The van der Waals surface area contributed by atoms with Crippen LogP contribution in [-0.2, 0) is 0 Å². The maximum absolute atomic E-state index is 10.6. The van der Waals surface area contributed by atoms with Gasteiger partial charge in [-0.2, -0.15) is 0 Å². The van der Waals surface area contributed by atoms with Gasteiger partial charge in [0.25, 0.3) is 0 Å². The summed E-state index contributed by atoms with van der Waals surface area (Å²) in [4.78, 5) is 0. The Morgan fingerprint density at radius 3 is 2.50 bits per heavy atom. The number of hydrogen-bond donors (Lipinski definition) is 2. The van der Waals surface area contributed by atoms with Crippen LogP contribution < -0.4 is 5.32 Å². The lowest BCUT2D eigenvalue weighted by Gasteiger charge is -2.27. The third-order valence-corrected chi connectivity index (χ3v) is 3.67. The highest BCUT2D eigenvalue weighted by Crippen LogP contribution is 2.25. The summed E-state index contributed by atoms with van der Waals surface area (Å²) in [5.41, 5.74) is 0.957. The zero-order valence-corrected chi connectivity index (χ0v) is 12.2. The van der Waals surface area contributed by atoms with Crippen LogP contribution in [0.3, 0.4) is 0 Å². The molecule has 0 heterocycles. The fourth-order valence-electron chi connectivity index (χ4n) is 2.53. The van der Waals surface area contributed by atoms with Gasteiger partial charge in [0.05, 0.1) is 6.10 Å². The van der Waals surface area contributed by atoms with Crippen LogP contribution in [-0.4, -0.2) is 17.7 Å². The molecular weight excluding hydrogens is 246 g/mol. The van der Waals surface area contributed by atoms with Crippen LogP contribution in [0.5, 0.6) is 0 Å². The van der Waals surface area contributed by atoms with E-state index in [1.807, 2.05) is 24.3 Å². The smallest absolute Gasteiger partial charge is 0.0945 e. The van der Waals surface area contributed by atoms with E-state index in [0.717, 1.165) is 10.9 Å². The molecule has 2 nitrogen and oxygen atoms in total. The Hall–Kier alpha value is -1.64. The van der Waals surface area contributed by atoms with Crippen molar-refractivity contribution in [2.75, 3.05) is 6.54 Å². The first kappa shape index (κ1) is 14.8. The number of benzene rings is 2. The molecule has 2 heteroatoms. The minimum absolute atomic E-state index is 0.0224. The van der Waals surface area contributed by atoms with E-state index in [9.17, 15) is 5.11 Å². The van der Waals surface area contributed by atoms with Gasteiger partial charge in [-0.15, -0.1) is 6.58 Å². The first-order chi connectivity index (χ1) is 9.63. The standard InChI is InChI=1S/C18H23NO/c1-4-11-19-17(13(2)3)18(20)16-10-9-14-7-5-6-8-15(14)12-16/h4-10,12-13,17-20H,1,11H2,2-3H3. The van der Waals surface area contributed by atoms with Crippen LogP contribution in [0.2, 0.25) is 0 Å². The lowest BCUT2D eigenvalue weighted by molar-refractivity contribution is 0.107. The van der Waals surface area contributed by atoms with Crippen molar-refractivity contribution in [1.29, 1.82) is 0 Å². The summed E-state index contributed by atoms with van der Waals surface area (Å²) in [5, 5.41) is 16.3. The highest BCUT2D eigenvalue weighted by molar-refractivity contribution is 5.83. The molecule has 2 aromatic rings. The third-order valence-electron chi connectivity index (χ3n) is 3.67. The van der Waals surface area contributed by atoms with Crippen LogP contribution in [0.4, 0.5) is 0 Å². The van der Waals surface area contributed by atoms with Crippen LogP contribution in [0.25, 0.3) is 10.8 Å². The molecule has 106 valence electrons. The van der Waals surface area contributed by atoms with Crippen molar-refractivity contribution in [3.05, 3.63) is 60.7 Å². The molecule has 2 aromatic carbocycles. The molecule has 2 N–H and O–H groups in total. The van der Waals surface area contributed by atoms with E-state index in [2.05, 4.69) is 50.0 Å². The highest BCUT2D eigenvalue weighted by atomic mass is 16.3. The first-order valence-electron chi connectivity index (χ1n) is 7.14. The molecule has 0 radical (unpaired) electrons. The second-order valence-corrected chi connectivity index (χ2v) is 5.52. The van der Waals surface area contributed by atoms with E-state index < -0.39 is 6.10 Å². The Balaban J connectivity index is 2.27. The fraction of sp³-hybridized carbons (Fsp3) is 0.333. The third kappa shape index (κ3) is 3.27. The predicted octanol–water partition coefficient (Wildman–Crippen LogP) is 3.67. The molecule has 0 aromatic heterocycles. The summed E-state index contributed by atoms with van der Waals surface area (Å²) in [5.74, 6) is 0.344. The second-order valence-electron chi connectivity index (χ2n) is 5.52. The lowest BCUT2D eigenvalue weighted by atomic mass is 9.92. The molecule has 0 bridgehead atoms. The van der Waals surface area contributed by atoms with Gasteiger partial charge in [0, 0.05) is 12.6 Å². The van der Waals surface area contributed by atoms with Crippen molar-refractivity contribution in [3.8, 4) is 0 Å². The molecular formula is C18H23NO. The van der Waals surface area contributed by atoms with Crippen molar-refractivity contribution in [1.82, 2.24) is 5.32 Å². The lowest BCUT2D eigenvalue weighted by Crippen LogP contribution is -2.39. The predicted molar refractivity (Wildman–Crippen MR) is 85.7 cm³/mol. The quantitative estimate of drug-likeness (QED) is 0.784. The molecule has 0 aliphatic carbocycles. The summed E-state index contributed by atoms with van der Waals surface area (Å²) in [7, 11) is 0. The molecule has 20 heavy (non-hydrogen) atoms. The summed E-state index contributed by atoms with van der Waals surface area (Å²) in [6.45, 7) is 8.65. The van der Waals surface area contributed by atoms with Crippen LogP contribution in [0.1, 0.15) is 25.5 Å². The second kappa shape index (κ2) is 6.69. The van der Waals surface area contributed by atoms with Crippen LogP contribution in [0.15, 0.2) is 55.1 Å². The van der Waals surface area contributed by atoms with Crippen molar-refractivity contribution in [2.24, 2.45) is 5.92 Å². The molecule has 0 fully saturated rings. The minimum Gasteiger partial charge on any atom is -0.387 e. The Labute approximate surface area is 121 Å². The summed E-state index contributed by atoms with van der Waals surface area (Å²) in [6, 6.07) is 14.4. The molecule has 2 rings (SSSR count). The maximum Gasteiger partial charge on any atom is 0.0945 e. The van der Waals surface area contributed by atoms with E-state index in [1.165, 1.54) is 5.39 Å². The van der Waals surface area contributed by atoms with E-state index in [0.29, 0.717) is 12.5 Å². The molecule has 0 amide bonds. The normalized spacial score (nSPS) is 14.4. The highest BCUT2D eigenvalue weighted by Gasteiger charge is 2.23. The number of hydrogen-bond acceptors (Lipinski definition) is 2. The van der Waals surface area contributed by atoms with Gasteiger partial charge in [0.15, 0.2) is 0 Å². The monoisotopic (exact) mass is 269 g/mol. The Kier molecular flexibility index (Phi) is 4.94. The molecule has 0 saturated carbocycles. The van der Waals surface area contributed by atoms with Crippen molar-refractivity contribution >= 4 is 10.8 Å². The summed E-state index contributed by atoms with van der Waals surface area (Å²) < 4.78 is 0. The van der Waals surface area contributed by atoms with Gasteiger partial charge in [-0.3, -0.25) is 0 Å². The van der Waals surface area contributed by atoms with Crippen molar-refractivity contribution in [2.45, 2.75) is 26.0 Å². The first-order valence-corrected chi connectivity index (χ1v) is 7.14. The van der Waals surface area contributed by atoms with Gasteiger partial charge in [0.1, 0.15) is 0 Å². The van der Waals surface area contributed by atoms with Crippen molar-refractivity contribution in [3.63, 3.8) is 0 Å². The zero-order chi connectivity index (χ0) is 14.5. The van der Waals surface area contributed by atoms with Crippen molar-refractivity contribution < 1.29 is 5.11 Å². The maximum atomic E-state index is 10.6. The molecule has 0 aliphatic heterocycles. The van der Waals surface area contributed by atoms with Crippen LogP contribution in [0, 0.1) is 5.92 Å². The fourth-order valence-corrected chi connectivity index (χ4v) is 2.53. The summed E-state index contributed by atoms with van der Waals surface area (Å²) in [6.07, 6.45) is 1.31. The van der Waals surface area contributed by atoms with Gasteiger partial charge in [-0.05, 0) is 28.3 Å². The largest absolute Gasteiger partial charge is 0.387 e. The van der Waals surface area contributed by atoms with Crippen LogP contribution >= 0.6 is 0 Å². The van der Waals surface area contributed by atoms with Gasteiger partial charge < -0.3 is 10.4 Å². The summed E-state index contributed by atoms with van der Waals surface area (Å²) >= 11 is 0. The molecule has 2 unspecified atom stereocenters. The Bertz CT molecular complexity index is 576. The number of aliphatic hydroxyl groups excluding tert-OH is 1. The number of rotatable bonds is 6. The minimum atomic E-state index is -0.514. The molecule has 0 spiro atoms. The van der Waals surface area contributed by atoms with E-state index in [-0.39, 0.29) is 6.04 Å². The Morgan fingerprint density at radius 1 is 1.15 bits per heavy atom. The number of fused-ring (bicyclic) bond motifs is 1. The number of nitrogens with one attached hydrogen (secondary N) is 1.